The van der Waals surface area contributed by atoms with E-state index < -0.39 is 0 Å². The van der Waals surface area contributed by atoms with E-state index in [0.717, 1.165) is 6.42 Å². The molecule has 3 radical (unpaired) electrons. The van der Waals surface area contributed by atoms with Crippen LogP contribution in [0.4, 0.5) is 0 Å². The number of allylic oxidation sites excluding steroid dienone is 4. The molecule has 0 spiro atoms. The van der Waals surface area contributed by atoms with Crippen molar-refractivity contribution in [2.75, 3.05) is 0 Å². The van der Waals surface area contributed by atoms with Gasteiger partial charge in [0.25, 0.3) is 0 Å². The Morgan fingerprint density at radius 3 is 2.12 bits per heavy atom. The van der Waals surface area contributed by atoms with Crippen LogP contribution in [-0.4, -0.2) is 8.41 Å². The molecule has 2 heteroatoms. The zero-order valence-electron chi connectivity index (χ0n) is 5.17. The summed E-state index contributed by atoms with van der Waals surface area (Å²) in [5.41, 5.74) is 0. The first-order valence-corrected chi connectivity index (χ1v) is 2.15. The molecule has 0 fully saturated rings. The summed E-state index contributed by atoms with van der Waals surface area (Å²) in [6.45, 7) is 0. The summed E-state index contributed by atoms with van der Waals surface area (Å²) in [5.74, 6) is 0. The number of hydrogen-bond donors (Lipinski definition) is 0. The molecule has 0 bridgehead atoms. The molecule has 0 heterocycles. The minimum Gasteiger partial charge on any atom is -0.228 e. The van der Waals surface area contributed by atoms with Gasteiger partial charge in [-0.15, -0.1) is 12.2 Å². The van der Waals surface area contributed by atoms with Gasteiger partial charge < -0.3 is 0 Å². The summed E-state index contributed by atoms with van der Waals surface area (Å²) in [4.78, 5) is 0. The Bertz CT molecular complexity index is 74.5. The first-order chi connectivity index (χ1) is 3.00. The number of hydrogen-bond acceptors (Lipinski definition) is 0. The van der Waals surface area contributed by atoms with E-state index in [9.17, 15) is 0 Å². The maximum absolute atomic E-state index is 2.12. The average molecular weight is 113 g/mol. The summed E-state index contributed by atoms with van der Waals surface area (Å²) in [6, 6.07) is 0. The van der Waals surface area contributed by atoms with E-state index in [0.29, 0.717) is 0 Å². The Kier molecular flexibility index (Phi) is 10.4. The van der Waals surface area contributed by atoms with Crippen LogP contribution in [0.25, 0.3) is 0 Å². The van der Waals surface area contributed by atoms with Gasteiger partial charge in [0.15, 0.2) is 0 Å². The van der Waals surface area contributed by atoms with E-state index in [-0.39, 0.29) is 38.0 Å². The largest absolute Gasteiger partial charge is 1.00 e. The van der Waals surface area contributed by atoms with Gasteiger partial charge in [0.1, 0.15) is 0 Å². The number of rotatable bonds is 0. The first kappa shape index (κ1) is 11.2. The second kappa shape index (κ2) is 7.41. The Hall–Kier alpha value is 0.415. The van der Waals surface area contributed by atoms with Crippen molar-refractivity contribution in [3.05, 3.63) is 30.7 Å². The van der Waals surface area contributed by atoms with E-state index in [1.165, 1.54) is 0 Å². The van der Waals surface area contributed by atoms with Crippen LogP contribution in [0.2, 0.25) is 0 Å². The summed E-state index contributed by atoms with van der Waals surface area (Å²) >= 11 is 0. The van der Waals surface area contributed by atoms with Gasteiger partial charge in [0.2, 0.25) is 0 Å². The third-order valence-corrected chi connectivity index (χ3v) is 0.767. The molecule has 0 aromatic carbocycles. The van der Waals surface area contributed by atoms with Gasteiger partial charge in [0, 0.05) is 8.41 Å². The van der Waals surface area contributed by atoms with E-state index in [1.54, 1.807) is 0 Å². The fourth-order valence-corrected chi connectivity index (χ4v) is 0.457. The van der Waals surface area contributed by atoms with Gasteiger partial charge in [-0.1, -0.05) is 6.42 Å². The van der Waals surface area contributed by atoms with Gasteiger partial charge in [-0.25, -0.2) is 18.6 Å². The van der Waals surface area contributed by atoms with Crippen LogP contribution in [0.5, 0.6) is 0 Å². The van der Waals surface area contributed by atoms with Crippen LogP contribution in [0.3, 0.4) is 0 Å². The minimum atomic E-state index is 0. The normalized spacial score (nSPS) is 13.0. The van der Waals surface area contributed by atoms with Crippen molar-refractivity contribution in [2.24, 2.45) is 0 Å². The van der Waals surface area contributed by atoms with Gasteiger partial charge >= 0.3 is 29.6 Å². The molecule has 0 aromatic rings. The van der Waals surface area contributed by atoms with Crippen molar-refractivity contribution in [3.8, 4) is 0 Å². The molecular formula is C6H7BNa. The molecule has 1 aliphatic carbocycles. The van der Waals surface area contributed by atoms with E-state index in [1.807, 2.05) is 6.08 Å². The quantitative estimate of drug-likeness (QED) is 0.260. The molecule has 0 atom stereocenters. The fourth-order valence-electron chi connectivity index (χ4n) is 0.457. The van der Waals surface area contributed by atoms with Crippen molar-refractivity contribution >= 4 is 8.41 Å². The molecule has 0 aromatic heterocycles. The van der Waals surface area contributed by atoms with E-state index in [2.05, 4.69) is 24.6 Å². The summed E-state index contributed by atoms with van der Waals surface area (Å²) in [5, 5.41) is 0. The van der Waals surface area contributed by atoms with Crippen LogP contribution in [0.1, 0.15) is 6.42 Å². The SMILES string of the molecule is C1=C[CH-]CC=C1.[B].[Na+]. The second-order valence-electron chi connectivity index (χ2n) is 1.28. The molecule has 0 N–H and O–H groups in total. The topological polar surface area (TPSA) is 0 Å². The van der Waals surface area contributed by atoms with Crippen LogP contribution >= 0.6 is 0 Å². The standard InChI is InChI=1S/C6H7.B.Na/c1-2-4-6-5-3-1;;/h1-5H,6H2;;/q-1;;+1. The third-order valence-electron chi connectivity index (χ3n) is 0.767. The smallest absolute Gasteiger partial charge is 0.228 e. The van der Waals surface area contributed by atoms with Crippen molar-refractivity contribution in [1.29, 1.82) is 0 Å². The zero-order valence-corrected chi connectivity index (χ0v) is 7.17. The Morgan fingerprint density at radius 1 is 1.25 bits per heavy atom. The minimum absolute atomic E-state index is 0. The van der Waals surface area contributed by atoms with Crippen molar-refractivity contribution in [3.63, 3.8) is 0 Å². The Labute approximate surface area is 74.9 Å². The molecule has 8 heavy (non-hydrogen) atoms. The molecule has 35 valence electrons. The first-order valence-electron chi connectivity index (χ1n) is 2.15. The molecule has 0 aliphatic heterocycles. The molecule has 1 aliphatic rings. The Morgan fingerprint density at radius 2 is 2.00 bits per heavy atom. The third kappa shape index (κ3) is 4.57. The summed E-state index contributed by atoms with van der Waals surface area (Å²) < 4.78 is 0. The summed E-state index contributed by atoms with van der Waals surface area (Å²) in [7, 11) is 0. The molecule has 0 saturated heterocycles. The van der Waals surface area contributed by atoms with Gasteiger partial charge in [-0.2, -0.15) is 0 Å². The zero-order chi connectivity index (χ0) is 4.24. The molecule has 1 rings (SSSR count). The Balaban J connectivity index is 0. The van der Waals surface area contributed by atoms with Crippen molar-refractivity contribution < 1.29 is 29.6 Å². The van der Waals surface area contributed by atoms with Crippen molar-refractivity contribution in [2.45, 2.75) is 6.42 Å². The maximum Gasteiger partial charge on any atom is 1.00 e. The van der Waals surface area contributed by atoms with Crippen LogP contribution in [0, 0.1) is 6.42 Å². The second-order valence-corrected chi connectivity index (χ2v) is 1.28. The fraction of sp³-hybridized carbons (Fsp3) is 0.167. The molecule has 0 saturated carbocycles. The van der Waals surface area contributed by atoms with Crippen LogP contribution < -0.4 is 29.6 Å². The molecule has 0 nitrogen and oxygen atoms in total. The predicted molar refractivity (Wildman–Crippen MR) is 33.0 cm³/mol. The van der Waals surface area contributed by atoms with Gasteiger partial charge in [-0.3, -0.25) is 0 Å². The van der Waals surface area contributed by atoms with Crippen molar-refractivity contribution in [1.82, 2.24) is 0 Å². The van der Waals surface area contributed by atoms with Gasteiger partial charge in [-0.05, 0) is 0 Å². The predicted octanol–water partition coefficient (Wildman–Crippen LogP) is -1.67. The molecular weight excluding hydrogens is 106 g/mol. The average Bonchev–Trinajstić information content (AvgIpc) is 1.72. The monoisotopic (exact) mass is 113 g/mol. The summed E-state index contributed by atoms with van der Waals surface area (Å²) in [6.07, 6.45) is 11.5. The van der Waals surface area contributed by atoms with E-state index in [4.69, 9.17) is 0 Å². The maximum atomic E-state index is 2.12. The van der Waals surface area contributed by atoms with Crippen LogP contribution in [-0.2, 0) is 0 Å². The van der Waals surface area contributed by atoms with Gasteiger partial charge in [0.05, 0.1) is 0 Å². The van der Waals surface area contributed by atoms with Crippen LogP contribution in [0.15, 0.2) is 24.3 Å². The molecule has 0 unspecified atom stereocenters. The van der Waals surface area contributed by atoms with E-state index >= 15 is 0 Å². The molecule has 0 amide bonds.